The van der Waals surface area contributed by atoms with Gasteiger partial charge in [-0.15, -0.1) is 0 Å². The summed E-state index contributed by atoms with van der Waals surface area (Å²) in [5.74, 6) is 0. The second-order valence-electron chi connectivity index (χ2n) is 4.25. The quantitative estimate of drug-likeness (QED) is 0.904. The third-order valence-electron chi connectivity index (χ3n) is 2.71. The molecule has 2 aromatic rings. The van der Waals surface area contributed by atoms with Crippen LogP contribution in [0.4, 0.5) is 0 Å². The van der Waals surface area contributed by atoms with Gasteiger partial charge in [0.05, 0.1) is 5.60 Å². The highest BCUT2D eigenvalue weighted by Gasteiger charge is 2.26. The monoisotopic (exact) mass is 247 g/mol. The summed E-state index contributed by atoms with van der Waals surface area (Å²) in [6.45, 7) is 1.75. The molecule has 2 rings (SSSR count). The number of rotatable bonds is 3. The van der Waals surface area contributed by atoms with E-state index in [4.69, 9.17) is 11.6 Å². The summed E-state index contributed by atoms with van der Waals surface area (Å²) < 4.78 is 0. The van der Waals surface area contributed by atoms with Crippen molar-refractivity contribution in [3.8, 4) is 0 Å². The van der Waals surface area contributed by atoms with Crippen molar-refractivity contribution in [2.45, 2.75) is 18.9 Å². The second kappa shape index (κ2) is 4.86. The molecule has 3 heteroatoms. The van der Waals surface area contributed by atoms with Gasteiger partial charge in [-0.05, 0) is 25.1 Å². The van der Waals surface area contributed by atoms with E-state index >= 15 is 0 Å². The molecule has 0 bridgehead atoms. The highest BCUT2D eigenvalue weighted by molar-refractivity contribution is 6.31. The van der Waals surface area contributed by atoms with Crippen molar-refractivity contribution in [1.82, 2.24) is 4.98 Å². The maximum absolute atomic E-state index is 10.5. The summed E-state index contributed by atoms with van der Waals surface area (Å²) in [5, 5.41) is 11.1. The first kappa shape index (κ1) is 12.1. The molecule has 0 saturated heterocycles. The van der Waals surface area contributed by atoms with Crippen LogP contribution in [0.3, 0.4) is 0 Å². The van der Waals surface area contributed by atoms with E-state index in [1.54, 1.807) is 19.2 Å². The van der Waals surface area contributed by atoms with Gasteiger partial charge in [-0.2, -0.15) is 0 Å². The second-order valence-corrected chi connectivity index (χ2v) is 4.66. The average molecular weight is 248 g/mol. The fourth-order valence-electron chi connectivity index (χ4n) is 1.85. The third-order valence-corrected chi connectivity index (χ3v) is 3.04. The first-order valence-electron chi connectivity index (χ1n) is 5.47. The zero-order valence-electron chi connectivity index (χ0n) is 9.60. The molecule has 2 nitrogen and oxygen atoms in total. The summed E-state index contributed by atoms with van der Waals surface area (Å²) in [4.78, 5) is 4.22. The first-order chi connectivity index (χ1) is 8.09. The van der Waals surface area contributed by atoms with Crippen molar-refractivity contribution in [1.29, 1.82) is 0 Å². The Morgan fingerprint density at radius 3 is 2.53 bits per heavy atom. The third kappa shape index (κ3) is 2.84. The Labute approximate surface area is 106 Å². The predicted octanol–water partition coefficient (Wildman–Crippen LogP) is 3.19. The predicted molar refractivity (Wildman–Crippen MR) is 69.0 cm³/mol. The molecule has 1 aromatic carbocycles. The number of nitrogens with zero attached hydrogens (tertiary/aromatic N) is 1. The lowest BCUT2D eigenvalue weighted by Crippen LogP contribution is -2.25. The van der Waals surface area contributed by atoms with Crippen LogP contribution in [0.15, 0.2) is 48.7 Å². The molecular weight excluding hydrogens is 234 g/mol. The van der Waals surface area contributed by atoms with Crippen LogP contribution in [0.2, 0.25) is 5.02 Å². The molecular formula is C14H14ClNO. The Hall–Kier alpha value is -1.38. The van der Waals surface area contributed by atoms with E-state index in [1.165, 1.54) is 0 Å². The van der Waals surface area contributed by atoms with E-state index in [2.05, 4.69) is 4.98 Å². The summed E-state index contributed by atoms with van der Waals surface area (Å²) in [6.07, 6.45) is 2.16. The van der Waals surface area contributed by atoms with E-state index in [1.807, 2.05) is 36.4 Å². The highest BCUT2D eigenvalue weighted by atomic mass is 35.5. The number of benzene rings is 1. The van der Waals surface area contributed by atoms with Crippen LogP contribution < -0.4 is 0 Å². The Bertz CT molecular complexity index is 497. The SMILES string of the molecule is CC(O)(Cc1ccccn1)c1ccccc1Cl. The maximum atomic E-state index is 10.5. The molecule has 1 heterocycles. The summed E-state index contributed by atoms with van der Waals surface area (Å²) >= 11 is 6.09. The number of hydrogen-bond donors (Lipinski definition) is 1. The average Bonchev–Trinajstić information content (AvgIpc) is 2.30. The van der Waals surface area contributed by atoms with Gasteiger partial charge in [0, 0.05) is 28.9 Å². The molecule has 1 unspecified atom stereocenters. The Morgan fingerprint density at radius 2 is 1.88 bits per heavy atom. The largest absolute Gasteiger partial charge is 0.385 e. The van der Waals surface area contributed by atoms with Gasteiger partial charge in [0.2, 0.25) is 0 Å². The van der Waals surface area contributed by atoms with Crippen LogP contribution in [-0.2, 0) is 12.0 Å². The molecule has 1 aromatic heterocycles. The van der Waals surface area contributed by atoms with E-state index in [0.717, 1.165) is 11.3 Å². The van der Waals surface area contributed by atoms with Crippen molar-refractivity contribution in [3.63, 3.8) is 0 Å². The Morgan fingerprint density at radius 1 is 1.18 bits per heavy atom. The van der Waals surface area contributed by atoms with Gasteiger partial charge in [-0.3, -0.25) is 4.98 Å². The summed E-state index contributed by atoms with van der Waals surface area (Å²) in [5.41, 5.74) is 0.567. The van der Waals surface area contributed by atoms with Crippen molar-refractivity contribution in [3.05, 3.63) is 64.9 Å². The van der Waals surface area contributed by atoms with Gasteiger partial charge < -0.3 is 5.11 Å². The molecule has 0 amide bonds. The van der Waals surface area contributed by atoms with E-state index in [-0.39, 0.29) is 0 Å². The number of aliphatic hydroxyl groups is 1. The fraction of sp³-hybridized carbons (Fsp3) is 0.214. The standard InChI is InChI=1S/C14H14ClNO/c1-14(17,10-11-6-4-5-9-16-11)12-7-2-3-8-13(12)15/h2-9,17H,10H2,1H3. The molecule has 0 radical (unpaired) electrons. The molecule has 1 atom stereocenters. The molecule has 0 saturated carbocycles. The summed E-state index contributed by atoms with van der Waals surface area (Å²) in [6, 6.07) is 13.0. The van der Waals surface area contributed by atoms with Gasteiger partial charge in [-0.25, -0.2) is 0 Å². The molecule has 0 aliphatic carbocycles. The molecule has 0 aliphatic rings. The Balaban J connectivity index is 2.28. The van der Waals surface area contributed by atoms with Crippen molar-refractivity contribution in [2.24, 2.45) is 0 Å². The lowest BCUT2D eigenvalue weighted by molar-refractivity contribution is 0.0567. The van der Waals surface area contributed by atoms with Gasteiger partial charge >= 0.3 is 0 Å². The zero-order chi connectivity index (χ0) is 12.3. The molecule has 17 heavy (non-hydrogen) atoms. The van der Waals surface area contributed by atoms with Crippen LogP contribution in [0.25, 0.3) is 0 Å². The van der Waals surface area contributed by atoms with E-state index in [0.29, 0.717) is 11.4 Å². The van der Waals surface area contributed by atoms with Crippen molar-refractivity contribution >= 4 is 11.6 Å². The minimum atomic E-state index is -1.01. The van der Waals surface area contributed by atoms with Crippen molar-refractivity contribution in [2.75, 3.05) is 0 Å². The molecule has 1 N–H and O–H groups in total. The highest BCUT2D eigenvalue weighted by Crippen LogP contribution is 2.30. The van der Waals surface area contributed by atoms with Gasteiger partial charge in [0.15, 0.2) is 0 Å². The van der Waals surface area contributed by atoms with Crippen LogP contribution in [-0.4, -0.2) is 10.1 Å². The fourth-order valence-corrected chi connectivity index (χ4v) is 2.19. The lowest BCUT2D eigenvalue weighted by atomic mass is 9.91. The van der Waals surface area contributed by atoms with E-state index < -0.39 is 5.60 Å². The molecule has 0 fully saturated rings. The lowest BCUT2D eigenvalue weighted by Gasteiger charge is -2.24. The normalized spacial score (nSPS) is 14.3. The molecule has 88 valence electrons. The smallest absolute Gasteiger partial charge is 0.0938 e. The van der Waals surface area contributed by atoms with Crippen molar-refractivity contribution < 1.29 is 5.11 Å². The number of pyridine rings is 1. The minimum absolute atomic E-state index is 0.442. The van der Waals surface area contributed by atoms with E-state index in [9.17, 15) is 5.11 Å². The van der Waals surface area contributed by atoms with Gasteiger partial charge in [0.25, 0.3) is 0 Å². The number of aromatic nitrogens is 1. The molecule has 0 spiro atoms. The van der Waals surface area contributed by atoms with Crippen LogP contribution in [0.1, 0.15) is 18.2 Å². The minimum Gasteiger partial charge on any atom is -0.385 e. The van der Waals surface area contributed by atoms with Crippen LogP contribution in [0, 0.1) is 0 Å². The zero-order valence-corrected chi connectivity index (χ0v) is 10.4. The maximum Gasteiger partial charge on any atom is 0.0938 e. The van der Waals surface area contributed by atoms with Crippen LogP contribution in [0.5, 0.6) is 0 Å². The number of halogens is 1. The topological polar surface area (TPSA) is 33.1 Å². The number of hydrogen-bond acceptors (Lipinski definition) is 2. The molecule has 0 aliphatic heterocycles. The summed E-state index contributed by atoms with van der Waals surface area (Å²) in [7, 11) is 0. The van der Waals surface area contributed by atoms with Crippen LogP contribution >= 0.6 is 11.6 Å². The Kier molecular flexibility index (Phi) is 3.46. The van der Waals surface area contributed by atoms with Gasteiger partial charge in [0.1, 0.15) is 0 Å². The first-order valence-corrected chi connectivity index (χ1v) is 5.85. The van der Waals surface area contributed by atoms with Gasteiger partial charge in [-0.1, -0.05) is 35.9 Å².